The molecule has 0 radical (unpaired) electrons. The first kappa shape index (κ1) is 18.9. The van der Waals surface area contributed by atoms with E-state index in [4.69, 9.17) is 4.74 Å². The number of hydrogen-bond donors (Lipinski definition) is 3. The predicted octanol–water partition coefficient (Wildman–Crippen LogP) is 4.27. The van der Waals surface area contributed by atoms with Crippen LogP contribution in [-0.4, -0.2) is 27.9 Å². The van der Waals surface area contributed by atoms with Crippen molar-refractivity contribution in [1.82, 2.24) is 0 Å². The van der Waals surface area contributed by atoms with Gasteiger partial charge in [-0.15, -0.1) is 6.58 Å². The maximum absolute atomic E-state index is 11.8. The minimum absolute atomic E-state index is 0.0139. The summed E-state index contributed by atoms with van der Waals surface area (Å²) in [6.45, 7) is 4.00. The van der Waals surface area contributed by atoms with Gasteiger partial charge in [0.2, 0.25) is 0 Å². The summed E-state index contributed by atoms with van der Waals surface area (Å²) in [5.74, 6) is -2.36. The van der Waals surface area contributed by atoms with Gasteiger partial charge in [0.05, 0.1) is 12.2 Å². The Balaban J connectivity index is 2.14. The Labute approximate surface area is 137 Å². The number of unbranched alkanes of at least 4 members (excludes halogenated alkanes) is 7. The molecule has 0 spiro atoms. The smallest absolute Gasteiger partial charge is 0.338 e. The molecule has 0 heterocycles. The predicted molar refractivity (Wildman–Crippen MR) is 88.9 cm³/mol. The fraction of sp³-hybridized carbons (Fsp3) is 0.500. The average molecular weight is 322 g/mol. The van der Waals surface area contributed by atoms with Gasteiger partial charge in [0, 0.05) is 0 Å². The van der Waals surface area contributed by atoms with Crippen molar-refractivity contribution in [2.24, 2.45) is 0 Å². The molecule has 1 aromatic carbocycles. The zero-order chi connectivity index (χ0) is 17.1. The molecule has 23 heavy (non-hydrogen) atoms. The quantitative estimate of drug-likeness (QED) is 0.245. The normalized spacial score (nSPS) is 10.4. The molecule has 0 saturated carbocycles. The van der Waals surface area contributed by atoms with Gasteiger partial charge in [-0.2, -0.15) is 0 Å². The lowest BCUT2D eigenvalue weighted by Gasteiger charge is -2.07. The Bertz CT molecular complexity index is 487. The number of phenols is 3. The number of phenolic OH excluding ortho intramolecular Hbond substituents is 3. The monoisotopic (exact) mass is 322 g/mol. The van der Waals surface area contributed by atoms with Crippen molar-refractivity contribution in [3.8, 4) is 17.2 Å². The zero-order valence-electron chi connectivity index (χ0n) is 13.5. The lowest BCUT2D eigenvalue weighted by atomic mass is 10.1. The van der Waals surface area contributed by atoms with Gasteiger partial charge < -0.3 is 20.1 Å². The van der Waals surface area contributed by atoms with Gasteiger partial charge in [0.15, 0.2) is 17.2 Å². The van der Waals surface area contributed by atoms with Crippen molar-refractivity contribution < 1.29 is 24.9 Å². The minimum atomic E-state index is -0.644. The Morgan fingerprint density at radius 2 is 1.48 bits per heavy atom. The Hall–Kier alpha value is -2.17. The molecule has 0 amide bonds. The number of carbonyl (C=O) groups excluding carboxylic acids is 1. The fourth-order valence-corrected chi connectivity index (χ4v) is 2.24. The largest absolute Gasteiger partial charge is 0.504 e. The number of allylic oxidation sites excluding steroid dienone is 1. The van der Waals surface area contributed by atoms with Gasteiger partial charge in [-0.1, -0.05) is 38.2 Å². The van der Waals surface area contributed by atoms with E-state index in [1.165, 1.54) is 25.7 Å². The molecule has 0 unspecified atom stereocenters. The summed E-state index contributed by atoms with van der Waals surface area (Å²) < 4.78 is 5.08. The van der Waals surface area contributed by atoms with Crippen LogP contribution in [0.5, 0.6) is 17.2 Å². The first-order valence-corrected chi connectivity index (χ1v) is 8.09. The topological polar surface area (TPSA) is 87.0 Å². The van der Waals surface area contributed by atoms with Crippen LogP contribution < -0.4 is 0 Å². The van der Waals surface area contributed by atoms with Gasteiger partial charge in [0.25, 0.3) is 0 Å². The summed E-state index contributed by atoms with van der Waals surface area (Å²) in [5.41, 5.74) is 0.0139. The van der Waals surface area contributed by atoms with Crippen LogP contribution in [0.4, 0.5) is 0 Å². The van der Waals surface area contributed by atoms with E-state index >= 15 is 0 Å². The van der Waals surface area contributed by atoms with E-state index in [1.54, 1.807) is 0 Å². The fourth-order valence-electron chi connectivity index (χ4n) is 2.24. The molecule has 1 aromatic rings. The SMILES string of the molecule is C=CCCCCCCCCCOC(=O)c1cc(O)c(O)c(O)c1. The number of carbonyl (C=O) groups is 1. The Morgan fingerprint density at radius 3 is 2.04 bits per heavy atom. The van der Waals surface area contributed by atoms with E-state index in [9.17, 15) is 20.1 Å². The number of esters is 1. The van der Waals surface area contributed by atoms with Crippen LogP contribution in [0.1, 0.15) is 61.7 Å². The minimum Gasteiger partial charge on any atom is -0.504 e. The van der Waals surface area contributed by atoms with Crippen LogP contribution in [0.3, 0.4) is 0 Å². The average Bonchev–Trinajstić information content (AvgIpc) is 2.53. The molecule has 0 atom stereocenters. The van der Waals surface area contributed by atoms with E-state index in [1.807, 2.05) is 6.08 Å². The molecule has 0 bridgehead atoms. The number of rotatable bonds is 11. The maximum Gasteiger partial charge on any atom is 0.338 e. The Morgan fingerprint density at radius 1 is 0.957 bits per heavy atom. The van der Waals surface area contributed by atoms with E-state index in [2.05, 4.69) is 6.58 Å². The van der Waals surface area contributed by atoms with Gasteiger partial charge in [-0.25, -0.2) is 4.79 Å². The summed E-state index contributed by atoms with van der Waals surface area (Å²) in [6.07, 6.45) is 10.8. The molecule has 0 aliphatic heterocycles. The van der Waals surface area contributed by atoms with Crippen LogP contribution in [0, 0.1) is 0 Å². The van der Waals surface area contributed by atoms with Crippen molar-refractivity contribution in [3.05, 3.63) is 30.4 Å². The zero-order valence-corrected chi connectivity index (χ0v) is 13.5. The van der Waals surface area contributed by atoms with E-state index in [0.717, 1.165) is 37.8 Å². The summed E-state index contributed by atoms with van der Waals surface area (Å²) in [7, 11) is 0. The molecule has 0 aliphatic carbocycles. The molecule has 0 aliphatic rings. The van der Waals surface area contributed by atoms with E-state index < -0.39 is 23.2 Å². The lowest BCUT2D eigenvalue weighted by molar-refractivity contribution is 0.0496. The van der Waals surface area contributed by atoms with Crippen molar-refractivity contribution in [1.29, 1.82) is 0 Å². The van der Waals surface area contributed by atoms with E-state index in [-0.39, 0.29) is 5.56 Å². The standard InChI is InChI=1S/C18H26O5/c1-2-3-4-5-6-7-8-9-10-11-23-18(22)14-12-15(19)17(21)16(20)13-14/h2,12-13,19-21H,1,3-11H2. The third-order valence-corrected chi connectivity index (χ3v) is 3.59. The highest BCUT2D eigenvalue weighted by Crippen LogP contribution is 2.35. The van der Waals surface area contributed by atoms with Crippen molar-refractivity contribution in [2.45, 2.75) is 51.4 Å². The number of benzene rings is 1. The number of aromatic hydroxyl groups is 3. The molecule has 128 valence electrons. The first-order chi connectivity index (χ1) is 11.1. The second kappa shape index (κ2) is 10.5. The summed E-state index contributed by atoms with van der Waals surface area (Å²) >= 11 is 0. The third-order valence-electron chi connectivity index (χ3n) is 3.59. The molecule has 5 nitrogen and oxygen atoms in total. The molecule has 5 heteroatoms. The molecule has 1 rings (SSSR count). The third kappa shape index (κ3) is 7.08. The van der Waals surface area contributed by atoms with Crippen molar-refractivity contribution in [2.75, 3.05) is 6.61 Å². The van der Waals surface area contributed by atoms with Gasteiger partial charge >= 0.3 is 5.97 Å². The maximum atomic E-state index is 11.8. The highest BCUT2D eigenvalue weighted by atomic mass is 16.5. The summed E-state index contributed by atoms with van der Waals surface area (Å²) in [5, 5.41) is 27.9. The highest BCUT2D eigenvalue weighted by Gasteiger charge is 2.14. The number of hydrogen-bond acceptors (Lipinski definition) is 5. The lowest BCUT2D eigenvalue weighted by Crippen LogP contribution is -2.06. The van der Waals surface area contributed by atoms with Gasteiger partial charge in [0.1, 0.15) is 0 Å². The van der Waals surface area contributed by atoms with Crippen molar-refractivity contribution in [3.63, 3.8) is 0 Å². The molecular formula is C18H26O5. The molecule has 3 N–H and O–H groups in total. The van der Waals surface area contributed by atoms with Crippen LogP contribution >= 0.6 is 0 Å². The molecule has 0 fully saturated rings. The molecule has 0 aromatic heterocycles. The van der Waals surface area contributed by atoms with Crippen LogP contribution in [-0.2, 0) is 4.74 Å². The second-order valence-electron chi connectivity index (χ2n) is 5.55. The summed E-state index contributed by atoms with van der Waals surface area (Å²) in [6, 6.07) is 2.14. The van der Waals surface area contributed by atoms with Crippen LogP contribution in [0.15, 0.2) is 24.8 Å². The van der Waals surface area contributed by atoms with Crippen molar-refractivity contribution >= 4 is 5.97 Å². The molecular weight excluding hydrogens is 296 g/mol. The first-order valence-electron chi connectivity index (χ1n) is 8.09. The van der Waals surface area contributed by atoms with Gasteiger partial charge in [-0.05, 0) is 31.4 Å². The highest BCUT2D eigenvalue weighted by molar-refractivity contribution is 5.91. The van der Waals surface area contributed by atoms with Crippen LogP contribution in [0.25, 0.3) is 0 Å². The molecule has 0 saturated heterocycles. The number of ether oxygens (including phenoxy) is 1. The second-order valence-corrected chi connectivity index (χ2v) is 5.55. The van der Waals surface area contributed by atoms with Gasteiger partial charge in [-0.3, -0.25) is 0 Å². The van der Waals surface area contributed by atoms with Crippen LogP contribution in [0.2, 0.25) is 0 Å². The Kier molecular flexibility index (Phi) is 8.65. The van der Waals surface area contributed by atoms with E-state index in [0.29, 0.717) is 6.61 Å². The summed E-state index contributed by atoms with van der Waals surface area (Å²) in [4.78, 5) is 11.8.